The second-order valence-electron chi connectivity index (χ2n) is 9.30. The predicted molar refractivity (Wildman–Crippen MR) is 150 cm³/mol. The van der Waals surface area contributed by atoms with E-state index in [9.17, 15) is 19.2 Å². The number of anilines is 1. The fraction of sp³-hybridized carbons (Fsp3) is 0.161. The van der Waals surface area contributed by atoms with Crippen LogP contribution >= 0.6 is 0 Å². The first-order valence-electron chi connectivity index (χ1n) is 12.4. The van der Waals surface area contributed by atoms with Gasteiger partial charge in [-0.1, -0.05) is 24.3 Å². The molecular formula is C31H28N2O7. The zero-order valence-electron chi connectivity index (χ0n) is 22.3. The van der Waals surface area contributed by atoms with Crippen LogP contribution in [0.4, 0.5) is 10.5 Å². The molecule has 0 aromatic heterocycles. The van der Waals surface area contributed by atoms with Crippen molar-refractivity contribution in [2.45, 2.75) is 26.9 Å². The van der Waals surface area contributed by atoms with E-state index in [-0.39, 0.29) is 17.7 Å². The Morgan fingerprint density at radius 3 is 2.30 bits per heavy atom. The molecule has 0 radical (unpaired) electrons. The number of imide groups is 2. The number of ether oxygens (including phenoxy) is 2. The molecule has 2 N–H and O–H groups in total. The molecule has 0 aliphatic carbocycles. The monoisotopic (exact) mass is 540 g/mol. The van der Waals surface area contributed by atoms with E-state index in [1.807, 2.05) is 19.9 Å². The number of allylic oxidation sites excluding steroid dienone is 1. The van der Waals surface area contributed by atoms with Crippen molar-refractivity contribution in [1.29, 1.82) is 0 Å². The molecule has 0 bridgehead atoms. The molecule has 4 rings (SSSR count). The van der Waals surface area contributed by atoms with Crippen LogP contribution in [0.2, 0.25) is 0 Å². The van der Waals surface area contributed by atoms with Gasteiger partial charge in [0.25, 0.3) is 11.8 Å². The molecule has 0 unspecified atom stereocenters. The summed E-state index contributed by atoms with van der Waals surface area (Å²) in [6, 6.07) is 14.2. The van der Waals surface area contributed by atoms with Crippen molar-refractivity contribution in [2.75, 3.05) is 12.0 Å². The number of rotatable bonds is 9. The van der Waals surface area contributed by atoms with Gasteiger partial charge >= 0.3 is 12.0 Å². The van der Waals surface area contributed by atoms with Crippen molar-refractivity contribution >= 4 is 35.6 Å². The van der Waals surface area contributed by atoms with Gasteiger partial charge in [0.2, 0.25) is 0 Å². The van der Waals surface area contributed by atoms with E-state index in [4.69, 9.17) is 14.6 Å². The Labute approximate surface area is 231 Å². The number of aromatic carboxylic acids is 1. The number of hydrogen-bond donors (Lipinski definition) is 2. The third-order valence-corrected chi connectivity index (χ3v) is 6.20. The lowest BCUT2D eigenvalue weighted by Crippen LogP contribution is -2.54. The minimum atomic E-state index is -1.02. The molecule has 1 aliphatic heterocycles. The quantitative estimate of drug-likeness (QED) is 0.223. The third kappa shape index (κ3) is 5.94. The molecule has 9 heteroatoms. The van der Waals surface area contributed by atoms with E-state index < -0.39 is 23.8 Å². The van der Waals surface area contributed by atoms with Gasteiger partial charge < -0.3 is 14.6 Å². The number of benzene rings is 3. The van der Waals surface area contributed by atoms with Crippen LogP contribution in [0.1, 0.15) is 38.2 Å². The number of carboxylic acid groups (broad SMARTS) is 1. The Morgan fingerprint density at radius 2 is 1.70 bits per heavy atom. The Kier molecular flexibility index (Phi) is 8.14. The van der Waals surface area contributed by atoms with Crippen LogP contribution in [0.25, 0.3) is 6.08 Å². The highest BCUT2D eigenvalue weighted by Crippen LogP contribution is 2.35. The maximum Gasteiger partial charge on any atom is 0.335 e. The molecule has 3 aromatic rings. The van der Waals surface area contributed by atoms with Gasteiger partial charge in [0.1, 0.15) is 12.2 Å². The van der Waals surface area contributed by atoms with Gasteiger partial charge in [-0.15, -0.1) is 6.58 Å². The fourth-order valence-corrected chi connectivity index (χ4v) is 4.43. The smallest absolute Gasteiger partial charge is 0.335 e. The summed E-state index contributed by atoms with van der Waals surface area (Å²) >= 11 is 0. The molecule has 9 nitrogen and oxygen atoms in total. The highest BCUT2D eigenvalue weighted by Gasteiger charge is 2.37. The average molecular weight is 541 g/mol. The van der Waals surface area contributed by atoms with Crippen LogP contribution in [0, 0.1) is 13.8 Å². The summed E-state index contributed by atoms with van der Waals surface area (Å²) in [5, 5.41) is 11.4. The molecule has 40 heavy (non-hydrogen) atoms. The number of barbiturate groups is 1. The molecule has 204 valence electrons. The van der Waals surface area contributed by atoms with Crippen LogP contribution in [0.5, 0.6) is 11.5 Å². The Hall–Kier alpha value is -5.18. The van der Waals surface area contributed by atoms with Gasteiger partial charge in [-0.05, 0) is 85.0 Å². The summed E-state index contributed by atoms with van der Waals surface area (Å²) < 4.78 is 11.6. The summed E-state index contributed by atoms with van der Waals surface area (Å²) in [7, 11) is 1.47. The van der Waals surface area contributed by atoms with E-state index in [0.29, 0.717) is 34.7 Å². The van der Waals surface area contributed by atoms with E-state index in [1.54, 1.807) is 42.5 Å². The SMILES string of the molecule is C=CCc1cc(/C=C2\C(=O)NC(=O)N(c3cc(C)cc(C)c3)C2=O)cc(OC)c1OCc1ccc(C(=O)O)cc1. The number of nitrogens with zero attached hydrogens (tertiary/aromatic N) is 1. The predicted octanol–water partition coefficient (Wildman–Crippen LogP) is 4.98. The molecule has 0 saturated carbocycles. The highest BCUT2D eigenvalue weighted by atomic mass is 16.5. The molecule has 1 fully saturated rings. The van der Waals surface area contributed by atoms with Crippen molar-refractivity contribution in [3.63, 3.8) is 0 Å². The summed E-state index contributed by atoms with van der Waals surface area (Å²) in [5.74, 6) is -1.76. The molecule has 1 saturated heterocycles. The van der Waals surface area contributed by atoms with Crippen LogP contribution in [-0.4, -0.2) is 36.0 Å². The molecule has 0 atom stereocenters. The lowest BCUT2D eigenvalue weighted by Gasteiger charge is -2.27. The van der Waals surface area contributed by atoms with Crippen molar-refractivity contribution in [1.82, 2.24) is 5.32 Å². The van der Waals surface area contributed by atoms with E-state index in [1.165, 1.54) is 25.3 Å². The number of hydrogen-bond acceptors (Lipinski definition) is 6. The molecule has 0 spiro atoms. The Bertz CT molecular complexity index is 1530. The fourth-order valence-electron chi connectivity index (χ4n) is 4.43. The number of carbonyl (C=O) groups excluding carboxylic acids is 3. The maximum absolute atomic E-state index is 13.4. The van der Waals surface area contributed by atoms with E-state index >= 15 is 0 Å². The largest absolute Gasteiger partial charge is 0.493 e. The van der Waals surface area contributed by atoms with Gasteiger partial charge in [0.05, 0.1) is 18.4 Å². The van der Waals surface area contributed by atoms with Crippen molar-refractivity contribution in [3.05, 3.63) is 106 Å². The van der Waals surface area contributed by atoms with Crippen molar-refractivity contribution < 1.29 is 33.8 Å². The first-order valence-corrected chi connectivity index (χ1v) is 12.4. The molecular weight excluding hydrogens is 512 g/mol. The zero-order valence-corrected chi connectivity index (χ0v) is 22.3. The van der Waals surface area contributed by atoms with Gasteiger partial charge in [-0.25, -0.2) is 14.5 Å². The number of amides is 4. The highest BCUT2D eigenvalue weighted by molar-refractivity contribution is 6.39. The standard InChI is InChI=1S/C31H28N2O7/c1-5-6-23-14-21(16-26(39-4)27(23)40-17-20-7-9-22(10-8-20)30(36)37)15-25-28(34)32-31(38)33(29(25)35)24-12-18(2)11-19(3)13-24/h5,7-16H,1,6,17H2,2-4H3,(H,36,37)(H,32,34,38)/b25-15+. The molecule has 3 aromatic carbocycles. The first-order chi connectivity index (χ1) is 19.1. The van der Waals surface area contributed by atoms with Gasteiger partial charge in [0.15, 0.2) is 11.5 Å². The minimum Gasteiger partial charge on any atom is -0.493 e. The molecule has 1 heterocycles. The number of carbonyl (C=O) groups is 4. The summed E-state index contributed by atoms with van der Waals surface area (Å²) in [6.07, 6.45) is 3.48. The topological polar surface area (TPSA) is 122 Å². The van der Waals surface area contributed by atoms with E-state index in [2.05, 4.69) is 11.9 Å². The molecule has 4 amide bonds. The third-order valence-electron chi connectivity index (χ3n) is 6.20. The average Bonchev–Trinajstić information content (AvgIpc) is 2.90. The zero-order chi connectivity index (χ0) is 29.0. The van der Waals surface area contributed by atoms with Crippen LogP contribution in [0.15, 0.2) is 72.8 Å². The minimum absolute atomic E-state index is 0.148. The summed E-state index contributed by atoms with van der Waals surface area (Å²) in [5.41, 5.74) is 3.99. The van der Waals surface area contributed by atoms with Crippen LogP contribution in [-0.2, 0) is 22.6 Å². The van der Waals surface area contributed by atoms with E-state index in [0.717, 1.165) is 21.6 Å². The summed E-state index contributed by atoms with van der Waals surface area (Å²) in [4.78, 5) is 50.8. The van der Waals surface area contributed by atoms with Crippen LogP contribution in [0.3, 0.4) is 0 Å². The normalized spacial score (nSPS) is 14.2. The Balaban J connectivity index is 1.68. The lowest BCUT2D eigenvalue weighted by atomic mass is 10.0. The number of nitrogens with one attached hydrogen (secondary N) is 1. The van der Waals surface area contributed by atoms with Crippen LogP contribution < -0.4 is 19.7 Å². The number of methoxy groups -OCH3 is 1. The number of aryl methyl sites for hydroxylation is 2. The maximum atomic E-state index is 13.4. The summed E-state index contributed by atoms with van der Waals surface area (Å²) in [6.45, 7) is 7.66. The van der Waals surface area contributed by atoms with Gasteiger partial charge in [-0.2, -0.15) is 0 Å². The number of urea groups is 1. The Morgan fingerprint density at radius 1 is 1.02 bits per heavy atom. The van der Waals surface area contributed by atoms with Gasteiger partial charge in [0, 0.05) is 5.56 Å². The number of carboxylic acids is 1. The van der Waals surface area contributed by atoms with Gasteiger partial charge in [-0.3, -0.25) is 14.9 Å². The second-order valence-corrected chi connectivity index (χ2v) is 9.30. The lowest BCUT2D eigenvalue weighted by molar-refractivity contribution is -0.122. The second kappa shape index (κ2) is 11.7. The van der Waals surface area contributed by atoms with Crippen molar-refractivity contribution in [2.24, 2.45) is 0 Å². The molecule has 1 aliphatic rings. The van der Waals surface area contributed by atoms with Crippen molar-refractivity contribution in [3.8, 4) is 11.5 Å². The first kappa shape index (κ1) is 27.8.